The van der Waals surface area contributed by atoms with Crippen LogP contribution in [-0.2, 0) is 0 Å². The zero-order valence-corrected chi connectivity index (χ0v) is 15.8. The van der Waals surface area contributed by atoms with Gasteiger partial charge in [0, 0.05) is 58.6 Å². The van der Waals surface area contributed by atoms with Crippen LogP contribution < -0.4 is 5.73 Å². The quantitative estimate of drug-likeness (QED) is 0.603. The summed E-state index contributed by atoms with van der Waals surface area (Å²) in [5, 5.41) is 0. The molecule has 1 heterocycles. The Morgan fingerprint density at radius 1 is 1.23 bits per heavy atom. The Morgan fingerprint density at radius 2 is 1.73 bits per heavy atom. The molecule has 0 aliphatic carbocycles. The first-order valence-corrected chi connectivity index (χ1v) is 8.56. The van der Waals surface area contributed by atoms with Gasteiger partial charge in [-0.05, 0) is 20.4 Å². The summed E-state index contributed by atoms with van der Waals surface area (Å²) >= 11 is 0. The van der Waals surface area contributed by atoms with E-state index in [4.69, 9.17) is 5.73 Å². The highest BCUT2D eigenvalue weighted by Crippen LogP contribution is 2.05. The molecule has 2 N–H and O–H groups in total. The lowest BCUT2D eigenvalue weighted by Crippen LogP contribution is -2.50. The molecule has 0 atom stereocenters. The van der Waals surface area contributed by atoms with Crippen LogP contribution in [0.15, 0.2) is 17.8 Å². The zero-order chi connectivity index (χ0) is 17.4. The number of rotatable bonds is 6. The van der Waals surface area contributed by atoms with Crippen molar-refractivity contribution in [3.05, 3.63) is 12.8 Å². The van der Waals surface area contributed by atoms with E-state index in [1.807, 2.05) is 27.1 Å². The first-order chi connectivity index (χ1) is 10.5. The van der Waals surface area contributed by atoms with Gasteiger partial charge in [-0.1, -0.05) is 27.4 Å². The van der Waals surface area contributed by atoms with Gasteiger partial charge in [-0.15, -0.1) is 0 Å². The van der Waals surface area contributed by atoms with Crippen molar-refractivity contribution in [2.45, 2.75) is 40.7 Å². The molecule has 0 bridgehead atoms. The third-order valence-electron chi connectivity index (χ3n) is 3.28. The zero-order valence-electron chi connectivity index (χ0n) is 15.8. The van der Waals surface area contributed by atoms with Gasteiger partial charge in [0.1, 0.15) is 0 Å². The van der Waals surface area contributed by atoms with E-state index < -0.39 is 0 Å². The molecule has 1 rings (SSSR count). The van der Waals surface area contributed by atoms with E-state index in [9.17, 15) is 0 Å². The fraction of sp³-hybridized carbons (Fsp3) is 0.824. The maximum absolute atomic E-state index is 4.85. The molecule has 1 aliphatic rings. The van der Waals surface area contributed by atoms with E-state index in [1.54, 1.807) is 6.20 Å². The molecular weight excluding hydrogens is 274 g/mol. The second kappa shape index (κ2) is 16.5. The van der Waals surface area contributed by atoms with E-state index in [0.29, 0.717) is 6.04 Å². The lowest BCUT2D eigenvalue weighted by Gasteiger charge is -2.37. The molecule has 22 heavy (non-hydrogen) atoms. The van der Waals surface area contributed by atoms with Crippen LogP contribution in [0.1, 0.15) is 34.6 Å². The highest BCUT2D eigenvalue weighted by atomic mass is 15.3. The highest BCUT2D eigenvalue weighted by Gasteiger charge is 2.18. The highest BCUT2D eigenvalue weighted by molar-refractivity contribution is 5.55. The maximum atomic E-state index is 4.85. The number of hydrogen-bond donors (Lipinski definition) is 1. The molecular formula is C17H39N5. The van der Waals surface area contributed by atoms with Gasteiger partial charge in [0.15, 0.2) is 0 Å². The molecule has 0 spiro atoms. The molecule has 1 aliphatic heterocycles. The average Bonchev–Trinajstić information content (AvgIpc) is 2.54. The number of piperazine rings is 1. The number of aliphatic imine (C=N–C) groups is 1. The fourth-order valence-corrected chi connectivity index (χ4v) is 2.02. The number of hydrogen-bond acceptors (Lipinski definition) is 4. The van der Waals surface area contributed by atoms with Crippen LogP contribution in [0.2, 0.25) is 0 Å². The van der Waals surface area contributed by atoms with Crippen molar-refractivity contribution < 1.29 is 0 Å². The smallest absolute Gasteiger partial charge is 0.0902 e. The molecule has 0 aromatic carbocycles. The standard InChI is InChI=1S/C13H26N4.C2H7N.C2H6/c1-5-14-12-15(4)6-7-16-8-10-17(11-9-16)13(2)3;1-2-3;1-2/h5,12-13H,1,6-11H2,2-4H3;2-3H2,1H3;1-2H3. The second-order valence-corrected chi connectivity index (χ2v) is 5.31. The molecule has 0 aromatic rings. The molecule has 0 saturated carbocycles. The van der Waals surface area contributed by atoms with Crippen molar-refractivity contribution >= 4 is 6.34 Å². The minimum absolute atomic E-state index is 0.680. The maximum Gasteiger partial charge on any atom is 0.0902 e. The average molecular weight is 314 g/mol. The minimum Gasteiger partial charge on any atom is -0.364 e. The number of nitrogens with two attached hydrogens (primary N) is 1. The number of likely N-dealkylation sites (N-methyl/N-ethyl adjacent to an activating group) is 1. The van der Waals surface area contributed by atoms with Crippen LogP contribution in [0.5, 0.6) is 0 Å². The monoisotopic (exact) mass is 313 g/mol. The van der Waals surface area contributed by atoms with Crippen LogP contribution in [0.25, 0.3) is 0 Å². The predicted octanol–water partition coefficient (Wildman–Crippen LogP) is 2.11. The SMILES string of the molecule is C=CN=CN(C)CCN1CCN(C(C)C)CC1.CC.CCN. The Labute approximate surface area is 138 Å². The molecule has 0 amide bonds. The molecule has 5 nitrogen and oxygen atoms in total. The predicted molar refractivity (Wildman–Crippen MR) is 101 cm³/mol. The summed E-state index contributed by atoms with van der Waals surface area (Å²) in [7, 11) is 2.05. The third kappa shape index (κ3) is 12.8. The van der Waals surface area contributed by atoms with E-state index >= 15 is 0 Å². The Hall–Kier alpha value is -0.910. The first-order valence-electron chi connectivity index (χ1n) is 8.56. The Kier molecular flexibility index (Phi) is 17.5. The summed E-state index contributed by atoms with van der Waals surface area (Å²) in [6, 6.07) is 0.680. The van der Waals surface area contributed by atoms with E-state index in [2.05, 4.69) is 47.2 Å². The van der Waals surface area contributed by atoms with Crippen molar-refractivity contribution in [1.29, 1.82) is 0 Å². The van der Waals surface area contributed by atoms with Gasteiger partial charge in [0.25, 0.3) is 0 Å². The van der Waals surface area contributed by atoms with E-state index in [0.717, 1.165) is 19.6 Å². The summed E-state index contributed by atoms with van der Waals surface area (Å²) < 4.78 is 0. The van der Waals surface area contributed by atoms with Gasteiger partial charge in [-0.2, -0.15) is 0 Å². The molecule has 0 radical (unpaired) electrons. The largest absolute Gasteiger partial charge is 0.364 e. The number of nitrogens with zero attached hydrogens (tertiary/aromatic N) is 4. The van der Waals surface area contributed by atoms with Crippen LogP contribution in [0.3, 0.4) is 0 Å². The summed E-state index contributed by atoms with van der Waals surface area (Å²) in [4.78, 5) is 11.2. The Morgan fingerprint density at radius 3 is 2.14 bits per heavy atom. The second-order valence-electron chi connectivity index (χ2n) is 5.31. The lowest BCUT2D eigenvalue weighted by molar-refractivity contribution is 0.106. The van der Waals surface area contributed by atoms with E-state index in [-0.39, 0.29) is 0 Å². The van der Waals surface area contributed by atoms with Crippen molar-refractivity contribution in [2.75, 3.05) is 52.9 Å². The van der Waals surface area contributed by atoms with Crippen molar-refractivity contribution in [1.82, 2.24) is 14.7 Å². The van der Waals surface area contributed by atoms with Gasteiger partial charge in [-0.3, -0.25) is 9.80 Å². The molecule has 0 unspecified atom stereocenters. The van der Waals surface area contributed by atoms with Crippen molar-refractivity contribution in [3.8, 4) is 0 Å². The normalized spacial score (nSPS) is 15.8. The van der Waals surface area contributed by atoms with Crippen LogP contribution in [0, 0.1) is 0 Å². The molecule has 1 saturated heterocycles. The van der Waals surface area contributed by atoms with E-state index in [1.165, 1.54) is 26.2 Å². The van der Waals surface area contributed by atoms with Gasteiger partial charge < -0.3 is 10.6 Å². The van der Waals surface area contributed by atoms with Crippen LogP contribution in [-0.4, -0.2) is 79.9 Å². The minimum atomic E-state index is 0.680. The summed E-state index contributed by atoms with van der Waals surface area (Å²) in [6.07, 6.45) is 3.40. The summed E-state index contributed by atoms with van der Waals surface area (Å²) in [5.74, 6) is 0. The first kappa shape index (κ1) is 23.4. The topological polar surface area (TPSA) is 48.1 Å². The van der Waals surface area contributed by atoms with Crippen molar-refractivity contribution in [2.24, 2.45) is 10.7 Å². The van der Waals surface area contributed by atoms with Crippen LogP contribution >= 0.6 is 0 Å². The fourth-order valence-electron chi connectivity index (χ4n) is 2.02. The summed E-state index contributed by atoms with van der Waals surface area (Å²) in [5.41, 5.74) is 4.85. The van der Waals surface area contributed by atoms with Crippen molar-refractivity contribution in [3.63, 3.8) is 0 Å². The summed E-state index contributed by atoms with van der Waals surface area (Å²) in [6.45, 7) is 21.7. The van der Waals surface area contributed by atoms with Gasteiger partial charge in [0.05, 0.1) is 6.34 Å². The van der Waals surface area contributed by atoms with Crippen LogP contribution in [0.4, 0.5) is 0 Å². The van der Waals surface area contributed by atoms with Gasteiger partial charge in [-0.25, -0.2) is 4.99 Å². The molecule has 132 valence electrons. The molecule has 1 fully saturated rings. The third-order valence-corrected chi connectivity index (χ3v) is 3.28. The Balaban J connectivity index is 0. The molecule has 0 aromatic heterocycles. The lowest BCUT2D eigenvalue weighted by atomic mass is 10.2. The van der Waals surface area contributed by atoms with Gasteiger partial charge in [0.2, 0.25) is 0 Å². The van der Waals surface area contributed by atoms with Gasteiger partial charge >= 0.3 is 0 Å². The molecule has 5 heteroatoms. The Bertz CT molecular complexity index is 258.